The fraction of sp³-hybridized carbons (Fsp3) is 0.571. The van der Waals surface area contributed by atoms with Crippen LogP contribution >= 0.6 is 11.8 Å². The van der Waals surface area contributed by atoms with E-state index in [-0.39, 0.29) is 18.2 Å². The molecular weight excluding hydrogens is 266 g/mol. The maximum Gasteiger partial charge on any atom is 0.130 e. The molecular formula is C14H20F2N2S. The lowest BCUT2D eigenvalue weighted by atomic mass is 10.0. The van der Waals surface area contributed by atoms with Gasteiger partial charge >= 0.3 is 0 Å². The highest BCUT2D eigenvalue weighted by molar-refractivity contribution is 8.00. The first-order valence-corrected chi connectivity index (χ1v) is 7.71. The van der Waals surface area contributed by atoms with Gasteiger partial charge in [-0.3, -0.25) is 4.90 Å². The number of hydrogen-bond donors (Lipinski definition) is 1. The lowest BCUT2D eigenvalue weighted by molar-refractivity contribution is 0.199. The van der Waals surface area contributed by atoms with Gasteiger partial charge in [0.2, 0.25) is 0 Å². The second-order valence-corrected chi connectivity index (χ2v) is 6.19. The predicted octanol–water partition coefficient (Wildman–Crippen LogP) is 2.79. The molecule has 0 spiro atoms. The zero-order valence-electron chi connectivity index (χ0n) is 11.1. The smallest absolute Gasteiger partial charge is 0.130 e. The van der Waals surface area contributed by atoms with Crippen molar-refractivity contribution < 1.29 is 8.78 Å². The van der Waals surface area contributed by atoms with Gasteiger partial charge in [0.25, 0.3) is 0 Å². The molecule has 0 amide bonds. The number of rotatable bonds is 4. The number of nitrogens with zero attached hydrogens (tertiary/aromatic N) is 1. The van der Waals surface area contributed by atoms with Crippen molar-refractivity contribution in [1.29, 1.82) is 0 Å². The Morgan fingerprint density at radius 3 is 2.68 bits per heavy atom. The summed E-state index contributed by atoms with van der Waals surface area (Å²) in [7, 11) is 0. The minimum Gasteiger partial charge on any atom is -0.329 e. The van der Waals surface area contributed by atoms with Crippen molar-refractivity contribution in [2.24, 2.45) is 5.73 Å². The Morgan fingerprint density at radius 2 is 2.11 bits per heavy atom. The molecule has 106 valence electrons. The Bertz CT molecular complexity index is 408. The second kappa shape index (κ2) is 6.68. The van der Waals surface area contributed by atoms with Crippen LogP contribution in [0.4, 0.5) is 8.78 Å². The van der Waals surface area contributed by atoms with Crippen molar-refractivity contribution in [1.82, 2.24) is 4.90 Å². The van der Waals surface area contributed by atoms with Gasteiger partial charge < -0.3 is 5.73 Å². The molecule has 2 nitrogen and oxygen atoms in total. The normalized spacial score (nSPS) is 22.4. The van der Waals surface area contributed by atoms with Crippen LogP contribution in [0.25, 0.3) is 0 Å². The Kier molecular flexibility index (Phi) is 5.19. The van der Waals surface area contributed by atoms with Crippen molar-refractivity contribution in [2.45, 2.75) is 24.6 Å². The minimum absolute atomic E-state index is 0.117. The van der Waals surface area contributed by atoms with E-state index in [1.807, 2.05) is 11.8 Å². The molecule has 0 saturated carbocycles. The highest BCUT2D eigenvalue weighted by Gasteiger charge is 2.29. The minimum atomic E-state index is -0.498. The summed E-state index contributed by atoms with van der Waals surface area (Å²) in [5.74, 6) is -0.00566. The lowest BCUT2D eigenvalue weighted by Gasteiger charge is -2.37. The highest BCUT2D eigenvalue weighted by atomic mass is 32.2. The molecule has 19 heavy (non-hydrogen) atoms. The van der Waals surface area contributed by atoms with Gasteiger partial charge in [0, 0.05) is 36.2 Å². The maximum atomic E-state index is 13.9. The molecule has 5 heteroatoms. The van der Waals surface area contributed by atoms with Gasteiger partial charge in [0.1, 0.15) is 11.6 Å². The molecule has 0 aliphatic carbocycles. The van der Waals surface area contributed by atoms with E-state index in [1.165, 1.54) is 18.2 Å². The molecule has 1 aliphatic heterocycles. The number of nitrogens with two attached hydrogens (primary N) is 1. The van der Waals surface area contributed by atoms with E-state index < -0.39 is 11.6 Å². The lowest BCUT2D eigenvalue weighted by Crippen LogP contribution is -2.43. The Morgan fingerprint density at radius 1 is 1.42 bits per heavy atom. The molecule has 1 fully saturated rings. The van der Waals surface area contributed by atoms with Gasteiger partial charge in [-0.2, -0.15) is 11.8 Å². The van der Waals surface area contributed by atoms with Crippen LogP contribution in [0.1, 0.15) is 24.9 Å². The van der Waals surface area contributed by atoms with Crippen LogP contribution in [0.15, 0.2) is 18.2 Å². The summed E-state index contributed by atoms with van der Waals surface area (Å²) in [5, 5.41) is 0.526. The summed E-state index contributed by atoms with van der Waals surface area (Å²) in [6.45, 7) is 4.05. The second-order valence-electron chi connectivity index (χ2n) is 4.78. The molecule has 2 unspecified atom stereocenters. The molecule has 0 aromatic heterocycles. The summed E-state index contributed by atoms with van der Waals surface area (Å²) < 4.78 is 27.8. The van der Waals surface area contributed by atoms with Gasteiger partial charge in [-0.25, -0.2) is 8.78 Å². The summed E-state index contributed by atoms with van der Waals surface area (Å²) in [5.41, 5.74) is 5.90. The Labute approximate surface area is 117 Å². The van der Waals surface area contributed by atoms with Gasteiger partial charge in [-0.05, 0) is 18.6 Å². The number of benzene rings is 1. The number of hydrogen-bond acceptors (Lipinski definition) is 3. The molecule has 0 bridgehead atoms. The van der Waals surface area contributed by atoms with Crippen molar-refractivity contribution in [3.63, 3.8) is 0 Å². The molecule has 2 atom stereocenters. The predicted molar refractivity (Wildman–Crippen MR) is 76.3 cm³/mol. The Hall–Kier alpha value is -0.650. The van der Waals surface area contributed by atoms with Crippen LogP contribution in [0.2, 0.25) is 0 Å². The van der Waals surface area contributed by atoms with Crippen LogP contribution < -0.4 is 5.73 Å². The van der Waals surface area contributed by atoms with Crippen LogP contribution in [-0.4, -0.2) is 35.5 Å². The van der Waals surface area contributed by atoms with E-state index >= 15 is 0 Å². The SMILES string of the molecule is CCC1CN(C(CN)c2c(F)cccc2F)CCS1. The third kappa shape index (κ3) is 3.27. The largest absolute Gasteiger partial charge is 0.329 e. The van der Waals surface area contributed by atoms with Gasteiger partial charge in [-0.1, -0.05) is 13.0 Å². The summed E-state index contributed by atoms with van der Waals surface area (Å²) in [6, 6.07) is 3.63. The van der Waals surface area contributed by atoms with Crippen molar-refractivity contribution in [3.8, 4) is 0 Å². The van der Waals surface area contributed by atoms with E-state index in [9.17, 15) is 8.78 Å². The van der Waals surface area contributed by atoms with E-state index in [2.05, 4.69) is 11.8 Å². The molecule has 0 radical (unpaired) electrons. The van der Waals surface area contributed by atoms with Gasteiger partial charge in [0.15, 0.2) is 0 Å². The fourth-order valence-corrected chi connectivity index (χ4v) is 3.76. The van der Waals surface area contributed by atoms with Crippen molar-refractivity contribution >= 4 is 11.8 Å². The molecule has 1 saturated heterocycles. The molecule has 1 aromatic rings. The quantitative estimate of drug-likeness (QED) is 0.923. The fourth-order valence-electron chi connectivity index (χ4n) is 2.55. The number of halogens is 2. The molecule has 2 rings (SSSR count). The highest BCUT2D eigenvalue weighted by Crippen LogP contribution is 2.30. The third-order valence-corrected chi connectivity index (χ3v) is 4.99. The molecule has 1 heterocycles. The standard InChI is InChI=1S/C14H20F2N2S/c1-2-10-9-18(6-7-19-10)13(8-17)14-11(15)4-3-5-12(14)16/h3-5,10,13H,2,6-9,17H2,1H3. The van der Waals surface area contributed by atoms with Crippen LogP contribution in [0.3, 0.4) is 0 Å². The van der Waals surface area contributed by atoms with E-state index in [4.69, 9.17) is 5.73 Å². The first-order chi connectivity index (χ1) is 9.17. The monoisotopic (exact) mass is 286 g/mol. The van der Waals surface area contributed by atoms with Crippen LogP contribution in [-0.2, 0) is 0 Å². The summed E-state index contributed by atoms with van der Waals surface area (Å²) >= 11 is 1.93. The Balaban J connectivity index is 2.24. The van der Waals surface area contributed by atoms with Gasteiger partial charge in [0.05, 0.1) is 6.04 Å². The molecule has 2 N–H and O–H groups in total. The summed E-state index contributed by atoms with van der Waals surface area (Å²) in [4.78, 5) is 2.12. The molecule has 1 aromatic carbocycles. The number of thioether (sulfide) groups is 1. The topological polar surface area (TPSA) is 29.3 Å². The van der Waals surface area contributed by atoms with Crippen LogP contribution in [0, 0.1) is 11.6 Å². The van der Waals surface area contributed by atoms with E-state index in [0.29, 0.717) is 5.25 Å². The van der Waals surface area contributed by atoms with Crippen molar-refractivity contribution in [3.05, 3.63) is 35.4 Å². The first-order valence-electron chi connectivity index (χ1n) is 6.67. The zero-order valence-corrected chi connectivity index (χ0v) is 11.9. The van der Waals surface area contributed by atoms with Crippen molar-refractivity contribution in [2.75, 3.05) is 25.4 Å². The summed E-state index contributed by atoms with van der Waals surface area (Å²) in [6.07, 6.45) is 1.07. The average molecular weight is 286 g/mol. The zero-order chi connectivity index (χ0) is 13.8. The maximum absolute atomic E-state index is 13.9. The average Bonchev–Trinajstić information content (AvgIpc) is 2.43. The molecule has 1 aliphatic rings. The third-order valence-electron chi connectivity index (χ3n) is 3.62. The first kappa shape index (κ1) is 14.8. The van der Waals surface area contributed by atoms with E-state index in [1.54, 1.807) is 0 Å². The van der Waals surface area contributed by atoms with E-state index in [0.717, 1.165) is 25.3 Å². The van der Waals surface area contributed by atoms with Crippen LogP contribution in [0.5, 0.6) is 0 Å². The van der Waals surface area contributed by atoms with Gasteiger partial charge in [-0.15, -0.1) is 0 Å².